The smallest absolute Gasteiger partial charge is 0.131 e. The van der Waals surface area contributed by atoms with Gasteiger partial charge in [-0.15, -0.1) is 0 Å². The predicted molar refractivity (Wildman–Crippen MR) is 72.1 cm³/mol. The van der Waals surface area contributed by atoms with Gasteiger partial charge in [-0.05, 0) is 42.8 Å². The van der Waals surface area contributed by atoms with Gasteiger partial charge in [-0.1, -0.05) is 23.2 Å². The highest BCUT2D eigenvalue weighted by molar-refractivity contribution is 6.33. The zero-order chi connectivity index (χ0) is 12.4. The van der Waals surface area contributed by atoms with E-state index in [4.69, 9.17) is 33.7 Å². The minimum atomic E-state index is 0.486. The van der Waals surface area contributed by atoms with Gasteiger partial charge in [0.15, 0.2) is 0 Å². The number of ether oxygens (including phenoxy) is 1. The molecule has 0 amide bonds. The van der Waals surface area contributed by atoms with Gasteiger partial charge in [0.1, 0.15) is 11.5 Å². The van der Waals surface area contributed by atoms with Gasteiger partial charge >= 0.3 is 0 Å². The molecule has 4 heteroatoms. The summed E-state index contributed by atoms with van der Waals surface area (Å²) in [5.74, 6) is 1.39. The summed E-state index contributed by atoms with van der Waals surface area (Å²) in [6, 6.07) is 10.6. The van der Waals surface area contributed by atoms with E-state index in [1.54, 1.807) is 36.4 Å². The Morgan fingerprint density at radius 1 is 1.06 bits per heavy atom. The lowest BCUT2D eigenvalue weighted by atomic mass is 10.2. The van der Waals surface area contributed by atoms with Gasteiger partial charge in [0.2, 0.25) is 0 Å². The first-order valence-corrected chi connectivity index (χ1v) is 5.81. The van der Waals surface area contributed by atoms with Crippen LogP contribution in [0.5, 0.6) is 11.5 Å². The number of anilines is 1. The fourth-order valence-corrected chi connectivity index (χ4v) is 1.70. The van der Waals surface area contributed by atoms with Crippen molar-refractivity contribution in [3.63, 3.8) is 0 Å². The first-order chi connectivity index (χ1) is 8.06. The van der Waals surface area contributed by atoms with Gasteiger partial charge in [0.25, 0.3) is 0 Å². The average Bonchev–Trinajstić information content (AvgIpc) is 2.29. The Balaban J connectivity index is 2.30. The van der Waals surface area contributed by atoms with E-state index in [0.29, 0.717) is 27.2 Å². The van der Waals surface area contributed by atoms with Gasteiger partial charge in [0.05, 0.1) is 10.7 Å². The van der Waals surface area contributed by atoms with E-state index in [0.717, 1.165) is 5.56 Å². The maximum atomic E-state index is 5.95. The number of halogens is 2. The summed E-state index contributed by atoms with van der Waals surface area (Å²) < 4.78 is 5.70. The molecule has 0 aliphatic carbocycles. The van der Waals surface area contributed by atoms with Crippen molar-refractivity contribution in [1.29, 1.82) is 0 Å². The largest absolute Gasteiger partial charge is 0.457 e. The molecule has 2 rings (SSSR count). The van der Waals surface area contributed by atoms with E-state index in [2.05, 4.69) is 0 Å². The molecule has 0 aromatic heterocycles. The second-order valence-corrected chi connectivity index (χ2v) is 4.54. The zero-order valence-electron chi connectivity index (χ0n) is 9.21. The van der Waals surface area contributed by atoms with Crippen LogP contribution < -0.4 is 10.5 Å². The van der Waals surface area contributed by atoms with E-state index in [1.807, 2.05) is 6.92 Å². The van der Waals surface area contributed by atoms with Crippen LogP contribution in [0, 0.1) is 6.92 Å². The SMILES string of the molecule is Cc1cc(N)c(Cl)cc1Oc1ccc(Cl)cc1. The molecule has 0 aliphatic rings. The first kappa shape index (κ1) is 12.1. The fraction of sp³-hybridized carbons (Fsp3) is 0.0769. The quantitative estimate of drug-likeness (QED) is 0.803. The Hall–Kier alpha value is -1.38. The van der Waals surface area contributed by atoms with E-state index >= 15 is 0 Å². The van der Waals surface area contributed by atoms with Gasteiger partial charge in [-0.2, -0.15) is 0 Å². The minimum Gasteiger partial charge on any atom is -0.457 e. The summed E-state index contributed by atoms with van der Waals surface area (Å²) in [7, 11) is 0. The van der Waals surface area contributed by atoms with Crippen molar-refractivity contribution in [3.8, 4) is 11.5 Å². The molecule has 0 bridgehead atoms. The molecule has 0 heterocycles. The number of nitrogens with two attached hydrogens (primary N) is 1. The molecule has 0 spiro atoms. The molecule has 0 atom stereocenters. The maximum Gasteiger partial charge on any atom is 0.131 e. The lowest BCUT2D eigenvalue weighted by molar-refractivity contribution is 0.479. The molecule has 2 aromatic carbocycles. The highest BCUT2D eigenvalue weighted by Crippen LogP contribution is 2.32. The van der Waals surface area contributed by atoms with Crippen LogP contribution in [-0.4, -0.2) is 0 Å². The molecule has 2 N–H and O–H groups in total. The van der Waals surface area contributed by atoms with Crippen molar-refractivity contribution >= 4 is 28.9 Å². The van der Waals surface area contributed by atoms with E-state index in [1.165, 1.54) is 0 Å². The fourth-order valence-electron chi connectivity index (χ4n) is 1.43. The molecular weight excluding hydrogens is 257 g/mol. The van der Waals surface area contributed by atoms with E-state index < -0.39 is 0 Å². The molecule has 0 unspecified atom stereocenters. The third-order valence-corrected chi connectivity index (χ3v) is 2.92. The summed E-state index contributed by atoms with van der Waals surface area (Å²) in [5, 5.41) is 1.16. The van der Waals surface area contributed by atoms with Crippen LogP contribution in [0.1, 0.15) is 5.56 Å². The molecule has 0 fully saturated rings. The molecular formula is C13H11Cl2NO. The topological polar surface area (TPSA) is 35.2 Å². The molecule has 0 saturated carbocycles. The summed E-state index contributed by atoms with van der Waals surface area (Å²) in [4.78, 5) is 0. The monoisotopic (exact) mass is 267 g/mol. The molecule has 0 aliphatic heterocycles. The number of aryl methyl sites for hydroxylation is 1. The van der Waals surface area contributed by atoms with Gasteiger partial charge in [-0.25, -0.2) is 0 Å². The second-order valence-electron chi connectivity index (χ2n) is 3.70. The number of nitrogen functional groups attached to an aromatic ring is 1. The van der Waals surface area contributed by atoms with Crippen LogP contribution in [0.15, 0.2) is 36.4 Å². The maximum absolute atomic E-state index is 5.95. The van der Waals surface area contributed by atoms with Gasteiger partial charge in [0, 0.05) is 11.1 Å². The lowest BCUT2D eigenvalue weighted by Gasteiger charge is -2.10. The molecule has 2 aromatic rings. The molecule has 0 radical (unpaired) electrons. The lowest BCUT2D eigenvalue weighted by Crippen LogP contribution is -1.92. The Morgan fingerprint density at radius 2 is 1.71 bits per heavy atom. The van der Waals surface area contributed by atoms with E-state index in [9.17, 15) is 0 Å². The Bertz CT molecular complexity index is 538. The predicted octanol–water partition coefficient (Wildman–Crippen LogP) is 4.68. The van der Waals surface area contributed by atoms with Gasteiger partial charge in [-0.3, -0.25) is 0 Å². The van der Waals surface area contributed by atoms with Crippen molar-refractivity contribution < 1.29 is 4.74 Å². The average molecular weight is 268 g/mol. The third kappa shape index (κ3) is 2.84. The first-order valence-electron chi connectivity index (χ1n) is 5.05. The number of benzene rings is 2. The zero-order valence-corrected chi connectivity index (χ0v) is 10.7. The number of rotatable bonds is 2. The van der Waals surface area contributed by atoms with Crippen LogP contribution in [0.2, 0.25) is 10.0 Å². The number of hydrogen-bond acceptors (Lipinski definition) is 2. The summed E-state index contributed by atoms with van der Waals surface area (Å²) in [6.07, 6.45) is 0. The highest BCUT2D eigenvalue weighted by atomic mass is 35.5. The third-order valence-electron chi connectivity index (χ3n) is 2.34. The number of hydrogen-bond donors (Lipinski definition) is 1. The Labute approximate surface area is 110 Å². The molecule has 2 nitrogen and oxygen atoms in total. The summed E-state index contributed by atoms with van der Waals surface area (Å²) >= 11 is 11.7. The van der Waals surface area contributed by atoms with Crippen LogP contribution in [0.4, 0.5) is 5.69 Å². The molecule has 0 saturated heterocycles. The summed E-state index contributed by atoms with van der Waals surface area (Å²) in [5.41, 5.74) is 7.18. The normalized spacial score (nSPS) is 10.3. The Morgan fingerprint density at radius 3 is 2.35 bits per heavy atom. The van der Waals surface area contributed by atoms with E-state index in [-0.39, 0.29) is 0 Å². The van der Waals surface area contributed by atoms with Crippen LogP contribution in [-0.2, 0) is 0 Å². The molecule has 88 valence electrons. The van der Waals surface area contributed by atoms with Crippen LogP contribution in [0.25, 0.3) is 0 Å². The van der Waals surface area contributed by atoms with Crippen LogP contribution in [0.3, 0.4) is 0 Å². The van der Waals surface area contributed by atoms with Crippen molar-refractivity contribution in [2.24, 2.45) is 0 Å². The standard InChI is InChI=1S/C13H11Cl2NO/c1-8-6-12(16)11(15)7-13(8)17-10-4-2-9(14)3-5-10/h2-7H,16H2,1H3. The van der Waals surface area contributed by atoms with Crippen molar-refractivity contribution in [2.45, 2.75) is 6.92 Å². The van der Waals surface area contributed by atoms with Crippen molar-refractivity contribution in [2.75, 3.05) is 5.73 Å². The minimum absolute atomic E-state index is 0.486. The Kier molecular flexibility index (Phi) is 3.46. The van der Waals surface area contributed by atoms with Gasteiger partial charge < -0.3 is 10.5 Å². The van der Waals surface area contributed by atoms with Crippen molar-refractivity contribution in [1.82, 2.24) is 0 Å². The van der Waals surface area contributed by atoms with Crippen LogP contribution >= 0.6 is 23.2 Å². The second kappa shape index (κ2) is 4.86. The highest BCUT2D eigenvalue weighted by Gasteiger charge is 2.05. The van der Waals surface area contributed by atoms with Crippen molar-refractivity contribution in [3.05, 3.63) is 52.0 Å². The molecule has 17 heavy (non-hydrogen) atoms. The summed E-state index contributed by atoms with van der Waals surface area (Å²) in [6.45, 7) is 1.91.